The standard InChI is InChI=1S/C23H21ClN2O5S/c1-16-2-7-19(8-3-16)26(32(28,29)20-9-4-17(24)5-10-20)15-23(27)25-18-6-11-21-22(14-18)31-13-12-30-21/h2-11,14H,12-13,15H2,1H3,(H,25,27). The van der Waals surface area contributed by atoms with Crippen molar-refractivity contribution in [2.24, 2.45) is 0 Å². The average molecular weight is 473 g/mol. The number of hydrogen-bond acceptors (Lipinski definition) is 5. The molecule has 0 saturated carbocycles. The molecule has 1 heterocycles. The second-order valence-corrected chi connectivity index (χ2v) is 9.51. The Bertz CT molecular complexity index is 1230. The van der Waals surface area contributed by atoms with E-state index in [-0.39, 0.29) is 4.90 Å². The highest BCUT2D eigenvalue weighted by molar-refractivity contribution is 7.92. The first-order chi connectivity index (χ1) is 15.3. The van der Waals surface area contributed by atoms with E-state index in [4.69, 9.17) is 21.1 Å². The Balaban J connectivity index is 1.61. The fourth-order valence-electron chi connectivity index (χ4n) is 3.21. The highest BCUT2D eigenvalue weighted by Gasteiger charge is 2.27. The average Bonchev–Trinajstić information content (AvgIpc) is 2.78. The summed E-state index contributed by atoms with van der Waals surface area (Å²) < 4.78 is 38.8. The summed E-state index contributed by atoms with van der Waals surface area (Å²) in [6.45, 7) is 2.37. The van der Waals surface area contributed by atoms with Crippen LogP contribution >= 0.6 is 11.6 Å². The molecule has 3 aromatic rings. The topological polar surface area (TPSA) is 84.9 Å². The van der Waals surface area contributed by atoms with Gasteiger partial charge in [0, 0.05) is 16.8 Å². The number of anilines is 2. The van der Waals surface area contributed by atoms with Crippen LogP contribution in [0.2, 0.25) is 5.02 Å². The highest BCUT2D eigenvalue weighted by Crippen LogP contribution is 2.32. The number of fused-ring (bicyclic) bond motifs is 1. The summed E-state index contributed by atoms with van der Waals surface area (Å²) in [5, 5.41) is 3.15. The Kier molecular flexibility index (Phi) is 6.25. The summed E-state index contributed by atoms with van der Waals surface area (Å²) >= 11 is 5.91. The van der Waals surface area contributed by atoms with Crippen molar-refractivity contribution >= 4 is 38.9 Å². The zero-order valence-corrected chi connectivity index (χ0v) is 18.8. The van der Waals surface area contributed by atoms with Gasteiger partial charge in [-0.3, -0.25) is 9.10 Å². The Morgan fingerprint density at radius 3 is 2.31 bits per heavy atom. The van der Waals surface area contributed by atoms with Crippen LogP contribution in [0.5, 0.6) is 11.5 Å². The van der Waals surface area contributed by atoms with Crippen molar-refractivity contribution < 1.29 is 22.7 Å². The van der Waals surface area contributed by atoms with Gasteiger partial charge in [-0.15, -0.1) is 0 Å². The van der Waals surface area contributed by atoms with E-state index in [1.807, 2.05) is 6.92 Å². The SMILES string of the molecule is Cc1ccc(N(CC(=O)Nc2ccc3c(c2)OCCO3)S(=O)(=O)c2ccc(Cl)cc2)cc1. The molecule has 166 valence electrons. The van der Waals surface area contributed by atoms with Crippen LogP contribution in [0.4, 0.5) is 11.4 Å². The summed E-state index contributed by atoms with van der Waals surface area (Å²) in [4.78, 5) is 12.9. The Hall–Kier alpha value is -3.23. The van der Waals surface area contributed by atoms with E-state index in [9.17, 15) is 13.2 Å². The molecule has 3 aromatic carbocycles. The lowest BCUT2D eigenvalue weighted by Crippen LogP contribution is -2.38. The summed E-state index contributed by atoms with van der Waals surface area (Å²) in [5.41, 5.74) is 1.83. The molecule has 0 spiro atoms. The van der Waals surface area contributed by atoms with Gasteiger partial charge in [-0.25, -0.2) is 8.42 Å². The molecule has 7 nitrogen and oxygen atoms in total. The number of nitrogens with zero attached hydrogens (tertiary/aromatic N) is 1. The molecule has 0 fully saturated rings. The lowest BCUT2D eigenvalue weighted by atomic mass is 10.2. The molecule has 1 N–H and O–H groups in total. The molecular weight excluding hydrogens is 452 g/mol. The van der Waals surface area contributed by atoms with Crippen LogP contribution < -0.4 is 19.1 Å². The molecule has 32 heavy (non-hydrogen) atoms. The maximum absolute atomic E-state index is 13.4. The number of amides is 1. The number of nitrogens with one attached hydrogen (secondary N) is 1. The fraction of sp³-hybridized carbons (Fsp3) is 0.174. The molecule has 0 saturated heterocycles. The molecule has 1 aliphatic rings. The van der Waals surface area contributed by atoms with Crippen molar-refractivity contribution in [2.75, 3.05) is 29.4 Å². The number of carbonyl (C=O) groups excluding carboxylic acids is 1. The van der Waals surface area contributed by atoms with Crippen molar-refractivity contribution in [1.82, 2.24) is 0 Å². The van der Waals surface area contributed by atoms with Gasteiger partial charge in [0.15, 0.2) is 11.5 Å². The van der Waals surface area contributed by atoms with Crippen LogP contribution in [0.1, 0.15) is 5.56 Å². The largest absolute Gasteiger partial charge is 0.486 e. The van der Waals surface area contributed by atoms with E-state index in [0.717, 1.165) is 9.87 Å². The molecule has 1 aliphatic heterocycles. The van der Waals surface area contributed by atoms with Gasteiger partial charge in [0.25, 0.3) is 10.0 Å². The van der Waals surface area contributed by atoms with Crippen LogP contribution in [-0.4, -0.2) is 34.1 Å². The molecule has 0 aliphatic carbocycles. The van der Waals surface area contributed by atoms with Gasteiger partial charge < -0.3 is 14.8 Å². The molecule has 1 amide bonds. The smallest absolute Gasteiger partial charge is 0.264 e. The molecular formula is C23H21ClN2O5S. The van der Waals surface area contributed by atoms with Crippen molar-refractivity contribution in [3.05, 3.63) is 77.3 Å². The van der Waals surface area contributed by atoms with Gasteiger partial charge in [-0.05, 0) is 55.5 Å². The van der Waals surface area contributed by atoms with Gasteiger partial charge in [0.1, 0.15) is 19.8 Å². The minimum absolute atomic E-state index is 0.0367. The summed E-state index contributed by atoms with van der Waals surface area (Å²) in [7, 11) is -4.02. The molecule has 4 rings (SSSR count). The number of sulfonamides is 1. The monoisotopic (exact) mass is 472 g/mol. The van der Waals surface area contributed by atoms with Gasteiger partial charge >= 0.3 is 0 Å². The van der Waals surface area contributed by atoms with E-state index < -0.39 is 22.5 Å². The predicted molar refractivity (Wildman–Crippen MR) is 123 cm³/mol. The highest BCUT2D eigenvalue weighted by atomic mass is 35.5. The Labute approximate surface area is 191 Å². The van der Waals surface area contributed by atoms with E-state index in [2.05, 4.69) is 5.32 Å². The van der Waals surface area contributed by atoms with Crippen LogP contribution in [0.25, 0.3) is 0 Å². The van der Waals surface area contributed by atoms with Gasteiger partial charge in [0.05, 0.1) is 10.6 Å². The molecule has 0 radical (unpaired) electrons. The van der Waals surface area contributed by atoms with Gasteiger partial charge in [0.2, 0.25) is 5.91 Å². The first-order valence-corrected chi connectivity index (χ1v) is 11.7. The predicted octanol–water partition coefficient (Wildman–Crippen LogP) is 4.25. The molecule has 0 atom stereocenters. The number of halogens is 1. The number of ether oxygens (including phenoxy) is 2. The molecule has 0 bridgehead atoms. The summed E-state index contributed by atoms with van der Waals surface area (Å²) in [6.07, 6.45) is 0. The second kappa shape index (κ2) is 9.10. The number of hydrogen-bond donors (Lipinski definition) is 1. The van der Waals surface area contributed by atoms with Gasteiger partial charge in [-0.2, -0.15) is 0 Å². The van der Waals surface area contributed by atoms with Crippen molar-refractivity contribution in [1.29, 1.82) is 0 Å². The van der Waals surface area contributed by atoms with Gasteiger partial charge in [-0.1, -0.05) is 29.3 Å². The quantitative estimate of drug-likeness (QED) is 0.579. The number of aryl methyl sites for hydroxylation is 1. The third-order valence-electron chi connectivity index (χ3n) is 4.84. The van der Waals surface area contributed by atoms with E-state index in [0.29, 0.717) is 41.1 Å². The van der Waals surface area contributed by atoms with Crippen molar-refractivity contribution in [2.45, 2.75) is 11.8 Å². The number of benzene rings is 3. The Morgan fingerprint density at radius 2 is 1.62 bits per heavy atom. The zero-order valence-electron chi connectivity index (χ0n) is 17.2. The number of carbonyl (C=O) groups is 1. The van der Waals surface area contributed by atoms with Crippen LogP contribution in [-0.2, 0) is 14.8 Å². The van der Waals surface area contributed by atoms with E-state index >= 15 is 0 Å². The molecule has 0 unspecified atom stereocenters. The lowest BCUT2D eigenvalue weighted by molar-refractivity contribution is -0.114. The third-order valence-corrected chi connectivity index (χ3v) is 6.88. The summed E-state index contributed by atoms with van der Waals surface area (Å²) in [6, 6.07) is 17.8. The maximum atomic E-state index is 13.4. The van der Waals surface area contributed by atoms with Crippen LogP contribution in [0.15, 0.2) is 71.6 Å². The lowest BCUT2D eigenvalue weighted by Gasteiger charge is -2.24. The maximum Gasteiger partial charge on any atom is 0.264 e. The summed E-state index contributed by atoms with van der Waals surface area (Å²) in [5.74, 6) is 0.624. The van der Waals surface area contributed by atoms with Crippen LogP contribution in [0, 0.1) is 6.92 Å². The zero-order chi connectivity index (χ0) is 22.7. The fourth-order valence-corrected chi connectivity index (χ4v) is 4.76. The minimum Gasteiger partial charge on any atom is -0.486 e. The third kappa shape index (κ3) is 4.81. The van der Waals surface area contributed by atoms with Crippen molar-refractivity contribution in [3.63, 3.8) is 0 Å². The Morgan fingerprint density at radius 1 is 0.969 bits per heavy atom. The number of rotatable bonds is 6. The normalized spacial score (nSPS) is 12.8. The van der Waals surface area contributed by atoms with Crippen LogP contribution in [0.3, 0.4) is 0 Å². The molecule has 9 heteroatoms. The first kappa shape index (κ1) is 22.0. The first-order valence-electron chi connectivity index (χ1n) is 9.87. The molecule has 0 aromatic heterocycles. The van der Waals surface area contributed by atoms with Crippen molar-refractivity contribution in [3.8, 4) is 11.5 Å². The van der Waals surface area contributed by atoms with E-state index in [1.165, 1.54) is 24.3 Å². The minimum atomic E-state index is -4.02. The second-order valence-electron chi connectivity index (χ2n) is 7.21. The van der Waals surface area contributed by atoms with E-state index in [1.54, 1.807) is 42.5 Å².